The minimum Gasteiger partial charge on any atom is -0.325 e. The highest BCUT2D eigenvalue weighted by atomic mass is 16.2. The van der Waals surface area contributed by atoms with E-state index in [9.17, 15) is 9.59 Å². The van der Waals surface area contributed by atoms with E-state index >= 15 is 0 Å². The first-order valence-electron chi connectivity index (χ1n) is 8.51. The number of carbonyl (C=O) groups excluding carboxylic acids is 2. The minimum atomic E-state index is 0.0898. The molecule has 0 N–H and O–H groups in total. The van der Waals surface area contributed by atoms with Gasteiger partial charge in [-0.3, -0.25) is 9.48 Å². The van der Waals surface area contributed by atoms with E-state index in [4.69, 9.17) is 0 Å². The lowest BCUT2D eigenvalue weighted by molar-refractivity contribution is -0.120. The van der Waals surface area contributed by atoms with Crippen molar-refractivity contribution in [2.45, 2.75) is 44.2 Å². The fourth-order valence-corrected chi connectivity index (χ4v) is 4.26. The number of hydrogen-bond donors (Lipinski definition) is 0. The fourth-order valence-electron chi connectivity index (χ4n) is 4.26. The van der Waals surface area contributed by atoms with Gasteiger partial charge < -0.3 is 14.7 Å². The van der Waals surface area contributed by atoms with Gasteiger partial charge in [0.05, 0.1) is 24.0 Å². The molecular formula is C16H23N5O2. The molecule has 0 aliphatic carbocycles. The van der Waals surface area contributed by atoms with Gasteiger partial charge in [0.2, 0.25) is 5.91 Å². The van der Waals surface area contributed by atoms with Crippen molar-refractivity contribution in [3.05, 3.63) is 12.4 Å². The highest BCUT2D eigenvalue weighted by Crippen LogP contribution is 2.35. The monoisotopic (exact) mass is 317 g/mol. The molecule has 3 saturated heterocycles. The Labute approximate surface area is 135 Å². The molecule has 3 fully saturated rings. The molecule has 0 bridgehead atoms. The molecule has 0 saturated carbocycles. The number of aryl methyl sites for hydroxylation is 1. The summed E-state index contributed by atoms with van der Waals surface area (Å²) >= 11 is 0. The van der Waals surface area contributed by atoms with Gasteiger partial charge in [0.25, 0.3) is 0 Å². The number of hydrogen-bond acceptors (Lipinski definition) is 3. The van der Waals surface area contributed by atoms with Gasteiger partial charge in [0.15, 0.2) is 0 Å². The fraction of sp³-hybridized carbons (Fsp3) is 0.688. The zero-order chi connectivity index (χ0) is 16.0. The molecule has 3 aliphatic heterocycles. The Morgan fingerprint density at radius 1 is 1.17 bits per heavy atom. The van der Waals surface area contributed by atoms with E-state index in [1.54, 1.807) is 10.9 Å². The molecule has 4 heterocycles. The molecule has 7 nitrogen and oxygen atoms in total. The summed E-state index contributed by atoms with van der Waals surface area (Å²) in [6, 6.07) is 0.392. The molecule has 7 heteroatoms. The Hall–Kier alpha value is -2.05. The second-order valence-corrected chi connectivity index (χ2v) is 6.77. The number of urea groups is 1. The number of aromatic nitrogens is 2. The molecule has 3 amide bonds. The number of fused-ring (bicyclic) bond motifs is 1. The summed E-state index contributed by atoms with van der Waals surface area (Å²) in [6.45, 7) is 2.49. The summed E-state index contributed by atoms with van der Waals surface area (Å²) in [6.07, 6.45) is 7.96. The van der Waals surface area contributed by atoms with E-state index in [0.29, 0.717) is 6.42 Å². The number of anilines is 1. The third kappa shape index (κ3) is 2.38. The van der Waals surface area contributed by atoms with Crippen LogP contribution >= 0.6 is 0 Å². The van der Waals surface area contributed by atoms with E-state index in [1.807, 2.05) is 27.9 Å². The van der Waals surface area contributed by atoms with Gasteiger partial charge in [-0.2, -0.15) is 5.10 Å². The van der Waals surface area contributed by atoms with Gasteiger partial charge in [0.1, 0.15) is 0 Å². The van der Waals surface area contributed by atoms with Crippen LogP contribution in [0.4, 0.5) is 10.5 Å². The molecule has 2 atom stereocenters. The number of likely N-dealkylation sites (tertiary alicyclic amines) is 2. The van der Waals surface area contributed by atoms with Crippen molar-refractivity contribution < 1.29 is 9.59 Å². The average Bonchev–Trinajstić information content (AvgIpc) is 3.26. The molecule has 1 aromatic rings. The summed E-state index contributed by atoms with van der Waals surface area (Å²) in [7, 11) is 1.85. The number of carbonyl (C=O) groups is 2. The van der Waals surface area contributed by atoms with Crippen LogP contribution in [0.25, 0.3) is 0 Å². The molecule has 0 aromatic carbocycles. The maximum atomic E-state index is 12.8. The van der Waals surface area contributed by atoms with E-state index in [2.05, 4.69) is 5.10 Å². The first-order valence-corrected chi connectivity index (χ1v) is 8.51. The first-order chi connectivity index (χ1) is 11.1. The molecule has 0 unspecified atom stereocenters. The molecule has 0 radical (unpaired) electrons. The van der Waals surface area contributed by atoms with Crippen LogP contribution in [0.1, 0.15) is 32.1 Å². The summed E-state index contributed by atoms with van der Waals surface area (Å²) in [5.41, 5.74) is 0.850. The lowest BCUT2D eigenvalue weighted by atomic mass is 9.96. The first kappa shape index (κ1) is 14.5. The Morgan fingerprint density at radius 3 is 2.65 bits per heavy atom. The molecule has 4 rings (SSSR count). The van der Waals surface area contributed by atoms with Crippen LogP contribution in [-0.2, 0) is 11.8 Å². The third-order valence-corrected chi connectivity index (χ3v) is 5.36. The maximum Gasteiger partial charge on any atom is 0.320 e. The molecular weight excluding hydrogens is 294 g/mol. The second kappa shape index (κ2) is 5.54. The summed E-state index contributed by atoms with van der Waals surface area (Å²) in [5, 5.41) is 4.19. The lowest BCUT2D eigenvalue weighted by Crippen LogP contribution is -2.55. The zero-order valence-electron chi connectivity index (χ0n) is 13.5. The van der Waals surface area contributed by atoms with Crippen LogP contribution in [0.5, 0.6) is 0 Å². The number of piperidine rings is 1. The van der Waals surface area contributed by atoms with Crippen molar-refractivity contribution in [2.75, 3.05) is 24.5 Å². The molecule has 3 aliphatic rings. The van der Waals surface area contributed by atoms with Gasteiger partial charge in [-0.25, -0.2) is 4.79 Å². The summed E-state index contributed by atoms with van der Waals surface area (Å²) in [4.78, 5) is 31.1. The number of amides is 3. The maximum absolute atomic E-state index is 12.8. The van der Waals surface area contributed by atoms with Crippen LogP contribution in [0, 0.1) is 0 Å². The highest BCUT2D eigenvalue weighted by molar-refractivity contribution is 5.95. The Morgan fingerprint density at radius 2 is 1.96 bits per heavy atom. The van der Waals surface area contributed by atoms with Crippen molar-refractivity contribution in [3.8, 4) is 0 Å². The van der Waals surface area contributed by atoms with Gasteiger partial charge >= 0.3 is 6.03 Å². The summed E-state index contributed by atoms with van der Waals surface area (Å²) < 4.78 is 1.72. The highest BCUT2D eigenvalue weighted by Gasteiger charge is 2.46. The predicted molar refractivity (Wildman–Crippen MR) is 85.0 cm³/mol. The van der Waals surface area contributed by atoms with Crippen molar-refractivity contribution in [1.29, 1.82) is 0 Å². The van der Waals surface area contributed by atoms with Crippen LogP contribution in [0.3, 0.4) is 0 Å². The van der Waals surface area contributed by atoms with Crippen LogP contribution in [0.2, 0.25) is 0 Å². The zero-order valence-corrected chi connectivity index (χ0v) is 13.5. The quantitative estimate of drug-likeness (QED) is 0.782. The van der Waals surface area contributed by atoms with E-state index in [0.717, 1.165) is 51.0 Å². The van der Waals surface area contributed by atoms with Crippen molar-refractivity contribution in [3.63, 3.8) is 0 Å². The standard InChI is InChI=1S/C16H23N5O2/c1-18-11-12(10-17-18)21-14-6-9-20(13(14)4-5-15(21)22)16(23)19-7-2-3-8-19/h10-11,13-14H,2-9H2,1H3/t13-,14-/m1/s1. The number of rotatable bonds is 1. The van der Waals surface area contributed by atoms with Crippen LogP contribution in [0.15, 0.2) is 12.4 Å². The van der Waals surface area contributed by atoms with Gasteiger partial charge in [-0.1, -0.05) is 0 Å². The smallest absolute Gasteiger partial charge is 0.320 e. The van der Waals surface area contributed by atoms with E-state index < -0.39 is 0 Å². The van der Waals surface area contributed by atoms with Crippen LogP contribution in [-0.4, -0.2) is 63.2 Å². The van der Waals surface area contributed by atoms with Crippen molar-refractivity contribution >= 4 is 17.6 Å². The largest absolute Gasteiger partial charge is 0.325 e. The molecule has 23 heavy (non-hydrogen) atoms. The van der Waals surface area contributed by atoms with E-state index in [1.165, 1.54) is 0 Å². The van der Waals surface area contributed by atoms with Gasteiger partial charge in [0, 0.05) is 39.3 Å². The predicted octanol–water partition coefficient (Wildman–Crippen LogP) is 1.21. The van der Waals surface area contributed by atoms with E-state index in [-0.39, 0.29) is 24.0 Å². The second-order valence-electron chi connectivity index (χ2n) is 6.77. The SMILES string of the molecule is Cn1cc(N2C(=O)CC[C@@H]3[C@H]2CCN3C(=O)N2CCCC2)cn1. The Kier molecular flexibility index (Phi) is 3.50. The number of nitrogens with zero attached hydrogens (tertiary/aromatic N) is 5. The van der Waals surface area contributed by atoms with Gasteiger partial charge in [-0.05, 0) is 25.7 Å². The lowest BCUT2D eigenvalue weighted by Gasteiger charge is -2.39. The molecule has 0 spiro atoms. The summed E-state index contributed by atoms with van der Waals surface area (Å²) in [5.74, 6) is 0.148. The van der Waals surface area contributed by atoms with Crippen molar-refractivity contribution in [1.82, 2.24) is 19.6 Å². The topological polar surface area (TPSA) is 61.7 Å². The normalized spacial score (nSPS) is 27.7. The van der Waals surface area contributed by atoms with Crippen molar-refractivity contribution in [2.24, 2.45) is 7.05 Å². The van der Waals surface area contributed by atoms with Gasteiger partial charge in [-0.15, -0.1) is 0 Å². The molecule has 124 valence electrons. The average molecular weight is 317 g/mol. The minimum absolute atomic E-state index is 0.0898. The van der Waals surface area contributed by atoms with Crippen LogP contribution < -0.4 is 4.90 Å². The third-order valence-electron chi connectivity index (χ3n) is 5.36. The Balaban J connectivity index is 1.56. The Bertz CT molecular complexity index is 622. The molecule has 1 aromatic heterocycles.